The SMILES string of the molecule is Cn1cc(NC(=O)c2csc3ncc(N4CCCNCC4)nc23)c(Cl)n1.O=C(O)C(F)(F)F. The number of carbonyl (C=O) groups is 2. The Morgan fingerprint density at radius 3 is 2.67 bits per heavy atom. The minimum absolute atomic E-state index is 0.254. The largest absolute Gasteiger partial charge is 0.490 e. The molecule has 10 nitrogen and oxygen atoms in total. The number of halogens is 4. The standard InChI is InChI=1S/C16H18ClN7OS.C2HF3O2/c1-23-8-11(14(17)22-23)20-15(25)10-9-26-16-13(10)21-12(7-19-16)24-5-2-3-18-4-6-24;3-2(4,5)1(6)7/h7-9,18H,2-6H2,1H3,(H,20,25);(H,6,7). The van der Waals surface area contributed by atoms with E-state index in [4.69, 9.17) is 26.5 Å². The van der Waals surface area contributed by atoms with Crippen molar-refractivity contribution >= 4 is 56.7 Å². The van der Waals surface area contributed by atoms with Gasteiger partial charge in [0.05, 0.1) is 17.4 Å². The average Bonchev–Trinajstić information content (AvgIpc) is 3.17. The maximum Gasteiger partial charge on any atom is 0.490 e. The van der Waals surface area contributed by atoms with Crippen molar-refractivity contribution in [3.63, 3.8) is 0 Å². The van der Waals surface area contributed by atoms with Gasteiger partial charge in [0.25, 0.3) is 5.91 Å². The van der Waals surface area contributed by atoms with Crippen LogP contribution in [0.2, 0.25) is 5.15 Å². The minimum atomic E-state index is -5.08. The summed E-state index contributed by atoms with van der Waals surface area (Å²) in [5, 5.41) is 19.3. The average molecular weight is 506 g/mol. The van der Waals surface area contributed by atoms with Crippen LogP contribution in [0.25, 0.3) is 10.3 Å². The molecule has 4 rings (SSSR count). The molecule has 0 aromatic carbocycles. The molecule has 0 saturated carbocycles. The van der Waals surface area contributed by atoms with Crippen molar-refractivity contribution in [3.05, 3.63) is 28.5 Å². The lowest BCUT2D eigenvalue weighted by Crippen LogP contribution is -2.28. The summed E-state index contributed by atoms with van der Waals surface area (Å²) in [7, 11) is 1.75. The van der Waals surface area contributed by atoms with Crippen LogP contribution in [-0.4, -0.2) is 69.1 Å². The molecule has 1 saturated heterocycles. The summed E-state index contributed by atoms with van der Waals surface area (Å²) in [5.74, 6) is -2.23. The molecule has 0 atom stereocenters. The number of rotatable bonds is 3. The molecule has 178 valence electrons. The molecule has 1 amide bonds. The number of aryl methyl sites for hydroxylation is 1. The predicted molar refractivity (Wildman–Crippen MR) is 117 cm³/mol. The summed E-state index contributed by atoms with van der Waals surface area (Å²) < 4.78 is 33.3. The number of hydrogen-bond donors (Lipinski definition) is 3. The van der Waals surface area contributed by atoms with Crippen LogP contribution in [0.4, 0.5) is 24.7 Å². The molecule has 0 aliphatic carbocycles. The van der Waals surface area contributed by atoms with Crippen LogP contribution in [0.3, 0.4) is 0 Å². The van der Waals surface area contributed by atoms with Crippen molar-refractivity contribution in [2.75, 3.05) is 36.4 Å². The molecule has 3 N–H and O–H groups in total. The molecule has 0 bridgehead atoms. The van der Waals surface area contributed by atoms with E-state index in [1.165, 1.54) is 11.3 Å². The van der Waals surface area contributed by atoms with Gasteiger partial charge in [0.15, 0.2) is 5.15 Å². The van der Waals surface area contributed by atoms with E-state index >= 15 is 0 Å². The minimum Gasteiger partial charge on any atom is -0.475 e. The molecule has 1 aliphatic heterocycles. The maximum absolute atomic E-state index is 12.7. The molecule has 1 aliphatic rings. The maximum atomic E-state index is 12.7. The van der Waals surface area contributed by atoms with Crippen molar-refractivity contribution in [3.8, 4) is 0 Å². The van der Waals surface area contributed by atoms with Crippen molar-refractivity contribution in [1.82, 2.24) is 25.1 Å². The Morgan fingerprint density at radius 1 is 1.30 bits per heavy atom. The lowest BCUT2D eigenvalue weighted by Gasteiger charge is -2.20. The van der Waals surface area contributed by atoms with E-state index in [-0.39, 0.29) is 11.1 Å². The number of carboxylic acid groups (broad SMARTS) is 1. The zero-order chi connectivity index (χ0) is 24.2. The third kappa shape index (κ3) is 6.30. The van der Waals surface area contributed by atoms with Crippen LogP contribution in [0.1, 0.15) is 16.8 Å². The molecule has 15 heteroatoms. The highest BCUT2D eigenvalue weighted by Crippen LogP contribution is 2.27. The van der Waals surface area contributed by atoms with Crippen molar-refractivity contribution in [1.29, 1.82) is 0 Å². The summed E-state index contributed by atoms with van der Waals surface area (Å²) in [6, 6.07) is 0. The third-order valence-electron chi connectivity index (χ3n) is 4.45. The van der Waals surface area contributed by atoms with Gasteiger partial charge >= 0.3 is 12.1 Å². The molecular weight excluding hydrogens is 487 g/mol. The first-order chi connectivity index (χ1) is 15.6. The second kappa shape index (κ2) is 10.3. The van der Waals surface area contributed by atoms with E-state index in [1.807, 2.05) is 0 Å². The molecular formula is C18H19ClF3N7O3S. The van der Waals surface area contributed by atoms with Crippen LogP contribution >= 0.6 is 22.9 Å². The Morgan fingerprint density at radius 2 is 2.03 bits per heavy atom. The Balaban J connectivity index is 0.000000383. The van der Waals surface area contributed by atoms with Gasteiger partial charge in [-0.05, 0) is 13.0 Å². The fourth-order valence-electron chi connectivity index (χ4n) is 2.92. The topological polar surface area (TPSA) is 125 Å². The normalized spacial score (nSPS) is 14.4. The predicted octanol–water partition coefficient (Wildman–Crippen LogP) is 2.76. The van der Waals surface area contributed by atoms with Gasteiger partial charge in [-0.2, -0.15) is 18.3 Å². The fourth-order valence-corrected chi connectivity index (χ4v) is 3.97. The quantitative estimate of drug-likeness (QED) is 0.496. The van der Waals surface area contributed by atoms with Crippen molar-refractivity contribution < 1.29 is 27.9 Å². The highest BCUT2D eigenvalue weighted by atomic mass is 35.5. The van der Waals surface area contributed by atoms with Crippen LogP contribution in [0.5, 0.6) is 0 Å². The van der Waals surface area contributed by atoms with E-state index < -0.39 is 12.1 Å². The molecule has 0 radical (unpaired) electrons. The van der Waals surface area contributed by atoms with Crippen LogP contribution in [0, 0.1) is 0 Å². The van der Waals surface area contributed by atoms with E-state index in [2.05, 4.69) is 25.6 Å². The van der Waals surface area contributed by atoms with E-state index in [9.17, 15) is 18.0 Å². The van der Waals surface area contributed by atoms with Gasteiger partial charge in [0.2, 0.25) is 0 Å². The number of anilines is 2. The summed E-state index contributed by atoms with van der Waals surface area (Å²) in [5.41, 5.74) is 1.58. The first kappa shape index (κ1) is 24.7. The molecule has 3 aromatic rings. The first-order valence-corrected chi connectivity index (χ1v) is 10.8. The Hall–Kier alpha value is -2.97. The number of carbonyl (C=O) groups excluding carboxylic acids is 1. The number of nitrogens with one attached hydrogen (secondary N) is 2. The second-order valence-corrected chi connectivity index (χ2v) is 8.10. The molecule has 33 heavy (non-hydrogen) atoms. The summed E-state index contributed by atoms with van der Waals surface area (Å²) in [6.45, 7) is 3.71. The van der Waals surface area contributed by atoms with E-state index in [0.717, 1.165) is 43.2 Å². The van der Waals surface area contributed by atoms with Gasteiger partial charge in [0.1, 0.15) is 16.2 Å². The van der Waals surface area contributed by atoms with Crippen molar-refractivity contribution in [2.45, 2.75) is 12.6 Å². The number of aromatic nitrogens is 4. The fraction of sp³-hybridized carbons (Fsp3) is 0.389. The number of fused-ring (bicyclic) bond motifs is 1. The van der Waals surface area contributed by atoms with Gasteiger partial charge in [-0.1, -0.05) is 11.6 Å². The number of alkyl halides is 3. The van der Waals surface area contributed by atoms with Crippen molar-refractivity contribution in [2.24, 2.45) is 7.05 Å². The Kier molecular flexibility index (Phi) is 7.71. The van der Waals surface area contributed by atoms with Gasteiger partial charge in [-0.15, -0.1) is 11.3 Å². The lowest BCUT2D eigenvalue weighted by atomic mass is 10.2. The van der Waals surface area contributed by atoms with E-state index in [1.54, 1.807) is 29.5 Å². The van der Waals surface area contributed by atoms with Gasteiger partial charge < -0.3 is 20.6 Å². The number of amides is 1. The van der Waals surface area contributed by atoms with Crippen LogP contribution in [0.15, 0.2) is 17.8 Å². The zero-order valence-electron chi connectivity index (χ0n) is 17.2. The van der Waals surface area contributed by atoms with Gasteiger partial charge in [-0.3, -0.25) is 9.48 Å². The Bertz CT molecular complexity index is 1140. The van der Waals surface area contributed by atoms with Gasteiger partial charge in [-0.25, -0.2) is 14.8 Å². The highest BCUT2D eigenvalue weighted by Gasteiger charge is 2.38. The number of nitrogens with zero attached hydrogens (tertiary/aromatic N) is 5. The third-order valence-corrected chi connectivity index (χ3v) is 5.61. The monoisotopic (exact) mass is 505 g/mol. The molecule has 0 unspecified atom stereocenters. The smallest absolute Gasteiger partial charge is 0.475 e. The molecule has 0 spiro atoms. The lowest BCUT2D eigenvalue weighted by molar-refractivity contribution is -0.192. The second-order valence-electron chi connectivity index (χ2n) is 6.89. The zero-order valence-corrected chi connectivity index (χ0v) is 18.8. The van der Waals surface area contributed by atoms with E-state index in [0.29, 0.717) is 16.8 Å². The number of carboxylic acids is 1. The van der Waals surface area contributed by atoms with Crippen LogP contribution in [-0.2, 0) is 11.8 Å². The summed E-state index contributed by atoms with van der Waals surface area (Å²) >= 11 is 7.43. The number of thiophene rings is 1. The molecule has 3 aromatic heterocycles. The highest BCUT2D eigenvalue weighted by molar-refractivity contribution is 7.17. The Labute approximate surface area is 194 Å². The summed E-state index contributed by atoms with van der Waals surface area (Å²) in [4.78, 5) is 33.7. The van der Waals surface area contributed by atoms with Crippen LogP contribution < -0.4 is 15.5 Å². The molecule has 1 fully saturated rings. The molecule has 4 heterocycles. The van der Waals surface area contributed by atoms with Gasteiger partial charge in [0, 0.05) is 38.3 Å². The first-order valence-electron chi connectivity index (χ1n) is 9.56. The number of aliphatic carboxylic acids is 1. The summed E-state index contributed by atoms with van der Waals surface area (Å²) in [6.07, 6.45) is -0.587. The number of hydrogen-bond acceptors (Lipinski definition) is 8.